The minimum absolute atomic E-state index is 0.0898. The van der Waals surface area contributed by atoms with Crippen LogP contribution in [-0.4, -0.2) is 26.1 Å². The fourth-order valence-electron chi connectivity index (χ4n) is 1.52. The van der Waals surface area contributed by atoms with Crippen LogP contribution >= 0.6 is 0 Å². The lowest BCUT2D eigenvalue weighted by atomic mass is 10.2. The summed E-state index contributed by atoms with van der Waals surface area (Å²) in [6.45, 7) is 1.67. The molecule has 1 heterocycles. The molecule has 0 bridgehead atoms. The second kappa shape index (κ2) is 5.23. The lowest BCUT2D eigenvalue weighted by Gasteiger charge is -2.06. The molecule has 0 unspecified atom stereocenters. The van der Waals surface area contributed by atoms with Gasteiger partial charge in [0.15, 0.2) is 5.03 Å². The van der Waals surface area contributed by atoms with Crippen LogP contribution in [0.2, 0.25) is 0 Å². The number of sulfonamides is 1. The number of nitrogens with one attached hydrogen (secondary N) is 1. The molecule has 1 N–H and O–H groups in total. The summed E-state index contributed by atoms with van der Waals surface area (Å²) in [7, 11) is -4.01. The molecule has 19 heavy (non-hydrogen) atoms. The lowest BCUT2D eigenvalue weighted by molar-refractivity contribution is 0.158. The predicted octanol–water partition coefficient (Wildman–Crippen LogP) is 1.67. The molecule has 100 valence electrons. The van der Waals surface area contributed by atoms with Crippen LogP contribution in [0, 0.1) is 0 Å². The maximum atomic E-state index is 11.9. The van der Waals surface area contributed by atoms with Crippen molar-refractivity contribution in [2.45, 2.75) is 11.9 Å². The molecule has 7 heteroatoms. The van der Waals surface area contributed by atoms with Crippen molar-refractivity contribution in [2.75, 3.05) is 6.61 Å². The van der Waals surface area contributed by atoms with Gasteiger partial charge in [-0.05, 0) is 25.1 Å². The smallest absolute Gasteiger partial charge is 0.421 e. The van der Waals surface area contributed by atoms with E-state index in [1.807, 2.05) is 12.1 Å². The zero-order valence-corrected chi connectivity index (χ0v) is 11.0. The van der Waals surface area contributed by atoms with Gasteiger partial charge in [-0.15, -0.1) is 0 Å². The maximum Gasteiger partial charge on any atom is 0.421 e. The molecule has 1 aromatic carbocycles. The number of para-hydroxylation sites is 1. The number of carbonyl (C=O) groups is 1. The molecule has 2 aromatic rings. The highest BCUT2D eigenvalue weighted by Gasteiger charge is 2.19. The Morgan fingerprint density at radius 3 is 2.74 bits per heavy atom. The fraction of sp³-hybridized carbons (Fsp3) is 0.167. The van der Waals surface area contributed by atoms with Gasteiger partial charge >= 0.3 is 6.09 Å². The van der Waals surface area contributed by atoms with Crippen molar-refractivity contribution in [3.8, 4) is 0 Å². The Bertz CT molecular complexity index is 712. The summed E-state index contributed by atoms with van der Waals surface area (Å²) in [5.41, 5.74) is 0.536. The van der Waals surface area contributed by atoms with Crippen molar-refractivity contribution >= 4 is 27.0 Å². The summed E-state index contributed by atoms with van der Waals surface area (Å²) < 4.78 is 30.1. The maximum absolute atomic E-state index is 11.9. The van der Waals surface area contributed by atoms with Crippen molar-refractivity contribution in [3.05, 3.63) is 36.4 Å². The first kappa shape index (κ1) is 13.3. The van der Waals surface area contributed by atoms with Gasteiger partial charge in [0.2, 0.25) is 0 Å². The molecule has 0 saturated heterocycles. The predicted molar refractivity (Wildman–Crippen MR) is 69.1 cm³/mol. The number of rotatable bonds is 3. The summed E-state index contributed by atoms with van der Waals surface area (Å²) in [5, 5.41) is 0.594. The number of carbonyl (C=O) groups excluding carboxylic acids is 1. The number of benzene rings is 1. The molecule has 1 amide bonds. The van der Waals surface area contributed by atoms with Crippen LogP contribution in [0.5, 0.6) is 0 Å². The van der Waals surface area contributed by atoms with Crippen LogP contribution in [-0.2, 0) is 14.8 Å². The van der Waals surface area contributed by atoms with E-state index in [9.17, 15) is 13.2 Å². The Morgan fingerprint density at radius 1 is 1.26 bits per heavy atom. The van der Waals surface area contributed by atoms with Crippen LogP contribution in [0.1, 0.15) is 6.92 Å². The van der Waals surface area contributed by atoms with Crippen molar-refractivity contribution in [1.82, 2.24) is 9.71 Å². The van der Waals surface area contributed by atoms with E-state index in [0.717, 1.165) is 5.39 Å². The molecule has 0 aliphatic heterocycles. The Labute approximate surface area is 110 Å². The molecule has 0 atom stereocenters. The summed E-state index contributed by atoms with van der Waals surface area (Å²) in [6, 6.07) is 10.1. The van der Waals surface area contributed by atoms with Gasteiger partial charge in [0, 0.05) is 5.39 Å². The lowest BCUT2D eigenvalue weighted by Crippen LogP contribution is -2.31. The van der Waals surface area contributed by atoms with E-state index < -0.39 is 16.1 Å². The molecule has 0 fully saturated rings. The van der Waals surface area contributed by atoms with Crippen molar-refractivity contribution in [2.24, 2.45) is 0 Å². The van der Waals surface area contributed by atoms with E-state index in [4.69, 9.17) is 0 Å². The average Bonchev–Trinajstić information content (AvgIpc) is 2.37. The molecule has 1 aromatic heterocycles. The molecule has 2 rings (SSSR count). The van der Waals surface area contributed by atoms with Gasteiger partial charge in [0.05, 0.1) is 12.1 Å². The van der Waals surface area contributed by atoms with Crippen LogP contribution < -0.4 is 4.72 Å². The second-order valence-electron chi connectivity index (χ2n) is 3.67. The normalized spacial score (nSPS) is 11.2. The highest BCUT2D eigenvalue weighted by atomic mass is 32.2. The number of amides is 1. The zero-order chi connectivity index (χ0) is 13.9. The monoisotopic (exact) mass is 280 g/mol. The number of pyridine rings is 1. The van der Waals surface area contributed by atoms with Crippen LogP contribution in [0.4, 0.5) is 4.79 Å². The zero-order valence-electron chi connectivity index (χ0n) is 10.2. The van der Waals surface area contributed by atoms with Crippen LogP contribution in [0.15, 0.2) is 41.4 Å². The number of nitrogens with zero attached hydrogens (tertiary/aromatic N) is 1. The highest BCUT2D eigenvalue weighted by Crippen LogP contribution is 2.14. The molecular weight excluding hydrogens is 268 g/mol. The number of hydrogen-bond donors (Lipinski definition) is 1. The highest BCUT2D eigenvalue weighted by molar-refractivity contribution is 7.90. The van der Waals surface area contributed by atoms with E-state index in [1.54, 1.807) is 29.8 Å². The standard InChI is InChI=1S/C12H12N2O4S/c1-2-18-12(15)14-19(16,17)11-8-7-9-5-3-4-6-10(9)13-11/h3-8H,2H2,1H3,(H,14,15). The van der Waals surface area contributed by atoms with Crippen LogP contribution in [0.25, 0.3) is 10.9 Å². The Kier molecular flexibility index (Phi) is 3.66. The fourth-order valence-corrected chi connectivity index (χ4v) is 2.37. The number of hydrogen-bond acceptors (Lipinski definition) is 5. The van der Waals surface area contributed by atoms with Crippen molar-refractivity contribution < 1.29 is 17.9 Å². The van der Waals surface area contributed by atoms with Gasteiger partial charge in [0.25, 0.3) is 10.0 Å². The summed E-state index contributed by atoms with van der Waals surface area (Å²) in [6.07, 6.45) is -1.02. The third kappa shape index (κ3) is 3.00. The topological polar surface area (TPSA) is 85.4 Å². The van der Waals surface area contributed by atoms with Crippen LogP contribution in [0.3, 0.4) is 0 Å². The average molecular weight is 280 g/mol. The van der Waals surface area contributed by atoms with Gasteiger partial charge < -0.3 is 4.74 Å². The van der Waals surface area contributed by atoms with E-state index >= 15 is 0 Å². The molecule has 0 radical (unpaired) electrons. The first-order valence-corrected chi connectivity index (χ1v) is 7.06. The minimum Gasteiger partial charge on any atom is -0.449 e. The largest absolute Gasteiger partial charge is 0.449 e. The molecule has 0 saturated carbocycles. The molecule has 0 aliphatic rings. The Balaban J connectivity index is 2.35. The molecule has 0 aliphatic carbocycles. The SMILES string of the molecule is CCOC(=O)NS(=O)(=O)c1ccc2ccccc2n1. The van der Waals surface area contributed by atoms with Gasteiger partial charge in [-0.3, -0.25) is 0 Å². The molecular formula is C12H12N2O4S. The van der Waals surface area contributed by atoms with Crippen molar-refractivity contribution in [1.29, 1.82) is 0 Å². The third-order valence-electron chi connectivity index (χ3n) is 2.34. The van der Waals surface area contributed by atoms with E-state index in [0.29, 0.717) is 5.52 Å². The number of aromatic nitrogens is 1. The third-order valence-corrected chi connectivity index (χ3v) is 3.55. The molecule has 0 spiro atoms. The van der Waals surface area contributed by atoms with Gasteiger partial charge in [0.1, 0.15) is 0 Å². The first-order chi connectivity index (χ1) is 9.03. The van der Waals surface area contributed by atoms with E-state index in [-0.39, 0.29) is 11.6 Å². The Morgan fingerprint density at radius 2 is 2.00 bits per heavy atom. The van der Waals surface area contributed by atoms with Gasteiger partial charge in [-0.25, -0.2) is 14.5 Å². The van der Waals surface area contributed by atoms with Crippen molar-refractivity contribution in [3.63, 3.8) is 0 Å². The minimum atomic E-state index is -4.01. The molecule has 6 nitrogen and oxygen atoms in total. The summed E-state index contributed by atoms with van der Waals surface area (Å²) in [4.78, 5) is 15.2. The first-order valence-electron chi connectivity index (χ1n) is 5.58. The van der Waals surface area contributed by atoms with E-state index in [1.165, 1.54) is 6.07 Å². The summed E-state index contributed by atoms with van der Waals surface area (Å²) in [5.74, 6) is 0. The Hall–Kier alpha value is -2.15. The number of fused-ring (bicyclic) bond motifs is 1. The number of ether oxygens (including phenoxy) is 1. The van der Waals surface area contributed by atoms with Gasteiger partial charge in [-0.2, -0.15) is 8.42 Å². The van der Waals surface area contributed by atoms with E-state index in [2.05, 4.69) is 9.72 Å². The second-order valence-corrected chi connectivity index (χ2v) is 5.30. The quantitative estimate of drug-likeness (QED) is 0.924. The van der Waals surface area contributed by atoms with Gasteiger partial charge in [-0.1, -0.05) is 18.2 Å². The summed E-state index contributed by atoms with van der Waals surface area (Å²) >= 11 is 0.